The zero-order valence-corrected chi connectivity index (χ0v) is 12.0. The van der Waals surface area contributed by atoms with Crippen molar-refractivity contribution in [2.24, 2.45) is 0 Å². The highest BCUT2D eigenvalue weighted by Gasteiger charge is 2.18. The summed E-state index contributed by atoms with van der Waals surface area (Å²) in [6, 6.07) is 2.50. The molecule has 0 bridgehead atoms. The van der Waals surface area contributed by atoms with Crippen LogP contribution >= 0.6 is 0 Å². The molecule has 2 heterocycles. The van der Waals surface area contributed by atoms with Gasteiger partial charge in [0.2, 0.25) is 0 Å². The molecule has 2 aromatic heterocycles. The van der Waals surface area contributed by atoms with E-state index in [1.807, 2.05) is 16.9 Å². The molecule has 2 aromatic rings. The SMILES string of the molecule is COC(=O)c1nn(Cc2ccn(C3CCCC3)n2)cc1N. The molecule has 3 rings (SSSR count). The Morgan fingerprint density at radius 1 is 1.43 bits per heavy atom. The molecular weight excluding hydrogens is 270 g/mol. The molecule has 0 unspecified atom stereocenters. The number of nitrogen functional groups attached to an aromatic ring is 1. The molecule has 0 saturated heterocycles. The van der Waals surface area contributed by atoms with E-state index in [1.54, 1.807) is 10.9 Å². The van der Waals surface area contributed by atoms with Crippen molar-refractivity contribution in [3.8, 4) is 0 Å². The minimum absolute atomic E-state index is 0.146. The monoisotopic (exact) mass is 289 g/mol. The van der Waals surface area contributed by atoms with E-state index in [-0.39, 0.29) is 5.69 Å². The Morgan fingerprint density at radius 3 is 2.90 bits per heavy atom. The van der Waals surface area contributed by atoms with Gasteiger partial charge in [-0.1, -0.05) is 12.8 Å². The standard InChI is InChI=1S/C14H19N5O2/c1-21-14(20)13-12(15)9-18(17-13)8-10-6-7-19(16-10)11-4-2-3-5-11/h6-7,9,11H,2-5,8,15H2,1H3. The lowest BCUT2D eigenvalue weighted by Crippen LogP contribution is -2.08. The Labute approximate surface area is 122 Å². The number of carbonyl (C=O) groups excluding carboxylic acids is 1. The van der Waals surface area contributed by atoms with Gasteiger partial charge in [0.1, 0.15) is 0 Å². The zero-order valence-electron chi connectivity index (χ0n) is 12.0. The third kappa shape index (κ3) is 2.76. The zero-order chi connectivity index (χ0) is 14.8. The number of ether oxygens (including phenoxy) is 1. The molecule has 0 aliphatic heterocycles. The van der Waals surface area contributed by atoms with Crippen LogP contribution < -0.4 is 5.73 Å². The molecule has 0 aromatic carbocycles. The van der Waals surface area contributed by atoms with Crippen LogP contribution in [0.1, 0.15) is 47.9 Å². The summed E-state index contributed by atoms with van der Waals surface area (Å²) in [6.45, 7) is 0.487. The average molecular weight is 289 g/mol. The molecule has 1 saturated carbocycles. The number of methoxy groups -OCH3 is 1. The summed E-state index contributed by atoms with van der Waals surface area (Å²) in [5.41, 5.74) is 7.13. The number of esters is 1. The lowest BCUT2D eigenvalue weighted by atomic mass is 10.3. The van der Waals surface area contributed by atoms with Crippen LogP contribution in [0.2, 0.25) is 0 Å². The molecule has 1 aliphatic rings. The summed E-state index contributed by atoms with van der Waals surface area (Å²) in [5, 5.41) is 8.74. The first-order valence-electron chi connectivity index (χ1n) is 7.12. The van der Waals surface area contributed by atoms with Crippen LogP contribution in [0.4, 0.5) is 5.69 Å². The molecule has 7 nitrogen and oxygen atoms in total. The molecule has 0 radical (unpaired) electrons. The van der Waals surface area contributed by atoms with E-state index in [0.29, 0.717) is 18.3 Å². The van der Waals surface area contributed by atoms with Gasteiger partial charge in [-0.2, -0.15) is 10.2 Å². The second kappa shape index (κ2) is 5.59. The van der Waals surface area contributed by atoms with Gasteiger partial charge >= 0.3 is 5.97 Å². The van der Waals surface area contributed by atoms with Gasteiger partial charge in [0.15, 0.2) is 5.69 Å². The summed E-state index contributed by atoms with van der Waals surface area (Å²) in [6.07, 6.45) is 8.58. The number of carbonyl (C=O) groups is 1. The maximum atomic E-state index is 11.5. The van der Waals surface area contributed by atoms with E-state index in [9.17, 15) is 4.79 Å². The second-order valence-electron chi connectivity index (χ2n) is 5.35. The molecule has 0 spiro atoms. The fraction of sp³-hybridized carbons (Fsp3) is 0.500. The molecule has 112 valence electrons. The maximum absolute atomic E-state index is 11.5. The summed E-state index contributed by atoms with van der Waals surface area (Å²) >= 11 is 0. The number of rotatable bonds is 4. The molecule has 7 heteroatoms. The van der Waals surface area contributed by atoms with E-state index in [0.717, 1.165) is 5.69 Å². The highest BCUT2D eigenvalue weighted by molar-refractivity contribution is 5.92. The van der Waals surface area contributed by atoms with Crippen molar-refractivity contribution in [2.75, 3.05) is 12.8 Å². The van der Waals surface area contributed by atoms with E-state index in [2.05, 4.69) is 14.9 Å². The number of hydrogen-bond donors (Lipinski definition) is 1. The predicted molar refractivity (Wildman–Crippen MR) is 76.8 cm³/mol. The molecule has 1 fully saturated rings. The predicted octanol–water partition coefficient (Wildman–Crippen LogP) is 1.61. The molecule has 1 aliphatic carbocycles. The van der Waals surface area contributed by atoms with Gasteiger partial charge in [0, 0.05) is 12.4 Å². The molecule has 0 atom stereocenters. The van der Waals surface area contributed by atoms with Gasteiger partial charge in [0.25, 0.3) is 0 Å². The van der Waals surface area contributed by atoms with Crippen molar-refractivity contribution in [3.63, 3.8) is 0 Å². The molecule has 2 N–H and O–H groups in total. The van der Waals surface area contributed by atoms with Crippen molar-refractivity contribution in [1.82, 2.24) is 19.6 Å². The topological polar surface area (TPSA) is 88.0 Å². The summed E-state index contributed by atoms with van der Waals surface area (Å²) < 4.78 is 8.29. The Morgan fingerprint density at radius 2 is 2.19 bits per heavy atom. The van der Waals surface area contributed by atoms with Gasteiger partial charge in [-0.3, -0.25) is 9.36 Å². The maximum Gasteiger partial charge on any atom is 0.360 e. The van der Waals surface area contributed by atoms with Gasteiger partial charge in [-0.05, 0) is 18.9 Å². The number of nitrogens with two attached hydrogens (primary N) is 1. The average Bonchev–Trinajstić information content (AvgIpc) is 3.18. The number of hydrogen-bond acceptors (Lipinski definition) is 5. The third-order valence-electron chi connectivity index (χ3n) is 3.86. The van der Waals surface area contributed by atoms with Crippen LogP contribution in [0, 0.1) is 0 Å². The molecule has 21 heavy (non-hydrogen) atoms. The minimum Gasteiger partial charge on any atom is -0.464 e. The fourth-order valence-corrected chi connectivity index (χ4v) is 2.77. The van der Waals surface area contributed by atoms with Crippen molar-refractivity contribution in [1.29, 1.82) is 0 Å². The Bertz CT molecular complexity index is 640. The quantitative estimate of drug-likeness (QED) is 0.864. The van der Waals surface area contributed by atoms with Gasteiger partial charge in [-0.15, -0.1) is 0 Å². The Hall–Kier alpha value is -2.31. The third-order valence-corrected chi connectivity index (χ3v) is 3.86. The first-order chi connectivity index (χ1) is 10.2. The number of nitrogens with zero attached hydrogens (tertiary/aromatic N) is 4. The lowest BCUT2D eigenvalue weighted by Gasteiger charge is -2.08. The van der Waals surface area contributed by atoms with Crippen LogP contribution in [0.3, 0.4) is 0 Å². The minimum atomic E-state index is -0.525. The van der Waals surface area contributed by atoms with E-state index < -0.39 is 5.97 Å². The van der Waals surface area contributed by atoms with Crippen molar-refractivity contribution >= 4 is 11.7 Å². The van der Waals surface area contributed by atoms with Crippen LogP contribution in [0.15, 0.2) is 18.5 Å². The normalized spacial score (nSPS) is 15.5. The van der Waals surface area contributed by atoms with E-state index in [1.165, 1.54) is 32.8 Å². The first kappa shape index (κ1) is 13.7. The van der Waals surface area contributed by atoms with Gasteiger partial charge in [-0.25, -0.2) is 4.79 Å². The first-order valence-corrected chi connectivity index (χ1v) is 7.12. The Kier molecular flexibility index (Phi) is 3.64. The molecule has 0 amide bonds. The summed E-state index contributed by atoms with van der Waals surface area (Å²) in [5.74, 6) is -0.525. The second-order valence-corrected chi connectivity index (χ2v) is 5.35. The van der Waals surface area contributed by atoms with Crippen LogP contribution in [0.5, 0.6) is 0 Å². The highest BCUT2D eigenvalue weighted by atomic mass is 16.5. The number of anilines is 1. The van der Waals surface area contributed by atoms with E-state index in [4.69, 9.17) is 5.73 Å². The van der Waals surface area contributed by atoms with Crippen LogP contribution in [0.25, 0.3) is 0 Å². The van der Waals surface area contributed by atoms with Gasteiger partial charge in [0.05, 0.1) is 31.1 Å². The smallest absolute Gasteiger partial charge is 0.360 e. The summed E-state index contributed by atoms with van der Waals surface area (Å²) in [4.78, 5) is 11.5. The fourth-order valence-electron chi connectivity index (χ4n) is 2.77. The summed E-state index contributed by atoms with van der Waals surface area (Å²) in [7, 11) is 1.31. The highest BCUT2D eigenvalue weighted by Crippen LogP contribution is 2.28. The molecular formula is C14H19N5O2. The Balaban J connectivity index is 1.73. The van der Waals surface area contributed by atoms with Crippen molar-refractivity contribution < 1.29 is 9.53 Å². The number of aromatic nitrogens is 4. The van der Waals surface area contributed by atoms with E-state index >= 15 is 0 Å². The lowest BCUT2D eigenvalue weighted by molar-refractivity contribution is 0.0594. The van der Waals surface area contributed by atoms with Gasteiger partial charge < -0.3 is 10.5 Å². The largest absolute Gasteiger partial charge is 0.464 e. The van der Waals surface area contributed by atoms with Crippen LogP contribution in [-0.4, -0.2) is 32.6 Å². The van der Waals surface area contributed by atoms with Crippen molar-refractivity contribution in [3.05, 3.63) is 29.8 Å². The van der Waals surface area contributed by atoms with Crippen molar-refractivity contribution in [2.45, 2.75) is 38.3 Å². The van der Waals surface area contributed by atoms with Crippen LogP contribution in [-0.2, 0) is 11.3 Å².